The monoisotopic (exact) mass is 283 g/mol. The normalized spacial score (nSPS) is 10.4. The molecule has 0 fully saturated rings. The van der Waals surface area contributed by atoms with E-state index >= 15 is 0 Å². The number of aryl methyl sites for hydroxylation is 1. The Morgan fingerprint density at radius 3 is 2.81 bits per heavy atom. The summed E-state index contributed by atoms with van der Waals surface area (Å²) >= 11 is 0. The molecule has 0 atom stereocenters. The highest BCUT2D eigenvalue weighted by molar-refractivity contribution is 5.33. The molecule has 0 aliphatic carbocycles. The van der Waals surface area contributed by atoms with Crippen molar-refractivity contribution in [2.24, 2.45) is 0 Å². The fraction of sp³-hybridized carbons (Fsp3) is 0.154. The molecular formula is C13H13N7O. The van der Waals surface area contributed by atoms with Gasteiger partial charge >= 0.3 is 6.01 Å². The average Bonchev–Trinajstić information content (AvgIpc) is 3.01. The molecule has 1 N–H and O–H groups in total. The summed E-state index contributed by atoms with van der Waals surface area (Å²) in [5.74, 6) is 1.38. The van der Waals surface area contributed by atoms with Gasteiger partial charge in [0.2, 0.25) is 5.95 Å². The zero-order chi connectivity index (χ0) is 14.7. The Labute approximate surface area is 120 Å². The van der Waals surface area contributed by atoms with Crippen molar-refractivity contribution in [3.8, 4) is 17.7 Å². The Morgan fingerprint density at radius 2 is 2.10 bits per heavy atom. The SMILES string of the molecule is CNc1nc(Oc2cccc(C)c2)nc(-n2cncn2)n1. The minimum atomic E-state index is 0.186. The van der Waals surface area contributed by atoms with E-state index in [1.807, 2.05) is 31.2 Å². The van der Waals surface area contributed by atoms with Crippen molar-refractivity contribution < 1.29 is 4.74 Å². The van der Waals surface area contributed by atoms with Crippen LogP contribution in [0.15, 0.2) is 36.9 Å². The molecule has 0 saturated heterocycles. The molecule has 0 saturated carbocycles. The number of hydrogen-bond donors (Lipinski definition) is 1. The Kier molecular flexibility index (Phi) is 3.42. The fourth-order valence-corrected chi connectivity index (χ4v) is 1.70. The lowest BCUT2D eigenvalue weighted by Gasteiger charge is -2.07. The molecule has 8 nitrogen and oxygen atoms in total. The molecule has 21 heavy (non-hydrogen) atoms. The van der Waals surface area contributed by atoms with Crippen LogP contribution in [0.5, 0.6) is 11.8 Å². The number of hydrogen-bond acceptors (Lipinski definition) is 7. The first-order valence-electron chi connectivity index (χ1n) is 6.28. The van der Waals surface area contributed by atoms with Crippen molar-refractivity contribution in [2.45, 2.75) is 6.92 Å². The summed E-state index contributed by atoms with van der Waals surface area (Å²) < 4.78 is 7.11. The molecule has 106 valence electrons. The van der Waals surface area contributed by atoms with Crippen LogP contribution in [0.25, 0.3) is 5.95 Å². The van der Waals surface area contributed by atoms with Gasteiger partial charge in [-0.15, -0.1) is 0 Å². The number of nitrogens with zero attached hydrogens (tertiary/aromatic N) is 6. The van der Waals surface area contributed by atoms with Gasteiger partial charge in [-0.05, 0) is 24.6 Å². The quantitative estimate of drug-likeness (QED) is 0.777. The third kappa shape index (κ3) is 2.94. The molecule has 0 aliphatic rings. The molecule has 2 aromatic heterocycles. The van der Waals surface area contributed by atoms with E-state index in [0.717, 1.165) is 5.56 Å². The second kappa shape index (κ2) is 5.53. The average molecular weight is 283 g/mol. The highest BCUT2D eigenvalue weighted by atomic mass is 16.5. The van der Waals surface area contributed by atoms with Gasteiger partial charge < -0.3 is 10.1 Å². The lowest BCUT2D eigenvalue weighted by Crippen LogP contribution is -2.08. The maximum Gasteiger partial charge on any atom is 0.328 e. The molecular weight excluding hydrogens is 270 g/mol. The predicted octanol–water partition coefficient (Wildman–Crippen LogP) is 1.59. The van der Waals surface area contributed by atoms with E-state index in [1.165, 1.54) is 17.3 Å². The third-order valence-electron chi connectivity index (χ3n) is 2.65. The van der Waals surface area contributed by atoms with Gasteiger partial charge in [0.15, 0.2) is 0 Å². The topological polar surface area (TPSA) is 90.6 Å². The molecule has 3 rings (SSSR count). The summed E-state index contributed by atoms with van der Waals surface area (Å²) in [6.45, 7) is 1.99. The van der Waals surface area contributed by atoms with Crippen molar-refractivity contribution in [2.75, 3.05) is 12.4 Å². The van der Waals surface area contributed by atoms with E-state index in [-0.39, 0.29) is 6.01 Å². The second-order valence-corrected chi connectivity index (χ2v) is 4.25. The van der Waals surface area contributed by atoms with Gasteiger partial charge in [0, 0.05) is 7.05 Å². The molecule has 2 heterocycles. The first kappa shape index (κ1) is 13.0. The molecule has 8 heteroatoms. The first-order chi connectivity index (χ1) is 10.2. The summed E-state index contributed by atoms with van der Waals surface area (Å²) in [6, 6.07) is 7.82. The van der Waals surface area contributed by atoms with Gasteiger partial charge in [-0.3, -0.25) is 0 Å². The lowest BCUT2D eigenvalue weighted by molar-refractivity contribution is 0.438. The summed E-state index contributed by atoms with van der Waals surface area (Å²) in [5.41, 5.74) is 1.09. The minimum absolute atomic E-state index is 0.186. The first-order valence-corrected chi connectivity index (χ1v) is 6.28. The molecule has 0 spiro atoms. The zero-order valence-electron chi connectivity index (χ0n) is 11.6. The van der Waals surface area contributed by atoms with Crippen molar-refractivity contribution >= 4 is 5.95 Å². The summed E-state index contributed by atoms with van der Waals surface area (Å²) in [5, 5.41) is 6.86. The van der Waals surface area contributed by atoms with E-state index < -0.39 is 0 Å². The molecule has 0 amide bonds. The van der Waals surface area contributed by atoms with E-state index in [0.29, 0.717) is 17.6 Å². The van der Waals surface area contributed by atoms with Crippen LogP contribution in [0, 0.1) is 6.92 Å². The molecule has 0 bridgehead atoms. The maximum atomic E-state index is 5.68. The molecule has 1 aromatic carbocycles. The largest absolute Gasteiger partial charge is 0.424 e. The van der Waals surface area contributed by atoms with Crippen molar-refractivity contribution in [3.63, 3.8) is 0 Å². The van der Waals surface area contributed by atoms with Crippen LogP contribution in [0.3, 0.4) is 0 Å². The number of aromatic nitrogens is 6. The Bertz CT molecular complexity index is 742. The van der Waals surface area contributed by atoms with Crippen LogP contribution in [0.4, 0.5) is 5.95 Å². The van der Waals surface area contributed by atoms with Crippen LogP contribution in [0.1, 0.15) is 5.56 Å². The van der Waals surface area contributed by atoms with Gasteiger partial charge in [0.1, 0.15) is 18.4 Å². The number of nitrogens with one attached hydrogen (secondary N) is 1. The van der Waals surface area contributed by atoms with Crippen molar-refractivity contribution in [1.29, 1.82) is 0 Å². The van der Waals surface area contributed by atoms with E-state index in [2.05, 4.69) is 30.4 Å². The molecule has 3 aromatic rings. The van der Waals surface area contributed by atoms with Crippen LogP contribution in [0.2, 0.25) is 0 Å². The van der Waals surface area contributed by atoms with Gasteiger partial charge in [0.05, 0.1) is 0 Å². The number of anilines is 1. The lowest BCUT2D eigenvalue weighted by atomic mass is 10.2. The van der Waals surface area contributed by atoms with Crippen LogP contribution in [-0.2, 0) is 0 Å². The third-order valence-corrected chi connectivity index (χ3v) is 2.65. The van der Waals surface area contributed by atoms with Crippen LogP contribution in [-0.4, -0.2) is 36.8 Å². The van der Waals surface area contributed by atoms with Crippen molar-refractivity contribution in [3.05, 3.63) is 42.5 Å². The van der Waals surface area contributed by atoms with Crippen molar-refractivity contribution in [1.82, 2.24) is 29.7 Å². The number of rotatable bonds is 4. The Morgan fingerprint density at radius 1 is 1.19 bits per heavy atom. The van der Waals surface area contributed by atoms with Crippen LogP contribution >= 0.6 is 0 Å². The zero-order valence-corrected chi connectivity index (χ0v) is 11.6. The smallest absolute Gasteiger partial charge is 0.328 e. The van der Waals surface area contributed by atoms with Crippen LogP contribution < -0.4 is 10.1 Å². The Balaban J connectivity index is 1.96. The highest BCUT2D eigenvalue weighted by Gasteiger charge is 2.10. The standard InChI is InChI=1S/C13H13N7O/c1-9-4-3-5-10(6-9)21-13-18-11(14-2)17-12(19-13)20-8-15-7-16-20/h3-8H,1-2H3,(H,14,17,18,19). The summed E-state index contributed by atoms with van der Waals surface area (Å²) in [7, 11) is 1.72. The van der Waals surface area contributed by atoms with E-state index in [1.54, 1.807) is 7.05 Å². The summed E-state index contributed by atoms with van der Waals surface area (Å²) in [6.07, 6.45) is 2.91. The van der Waals surface area contributed by atoms with Gasteiger partial charge in [-0.25, -0.2) is 4.98 Å². The van der Waals surface area contributed by atoms with Gasteiger partial charge in [0.25, 0.3) is 5.95 Å². The molecule has 0 unspecified atom stereocenters. The second-order valence-electron chi connectivity index (χ2n) is 4.25. The Hall–Kier alpha value is -3.03. The molecule has 0 radical (unpaired) electrons. The number of benzene rings is 1. The highest BCUT2D eigenvalue weighted by Crippen LogP contribution is 2.20. The van der Waals surface area contributed by atoms with E-state index in [4.69, 9.17) is 4.74 Å². The van der Waals surface area contributed by atoms with Gasteiger partial charge in [-0.1, -0.05) is 12.1 Å². The van der Waals surface area contributed by atoms with E-state index in [9.17, 15) is 0 Å². The van der Waals surface area contributed by atoms with Gasteiger partial charge in [-0.2, -0.15) is 24.7 Å². The summed E-state index contributed by atoms with van der Waals surface area (Å²) in [4.78, 5) is 16.5. The fourth-order valence-electron chi connectivity index (χ4n) is 1.70. The molecule has 0 aliphatic heterocycles. The number of ether oxygens (including phenoxy) is 1. The predicted molar refractivity (Wildman–Crippen MR) is 75.5 cm³/mol. The minimum Gasteiger partial charge on any atom is -0.424 e. The maximum absolute atomic E-state index is 5.68.